The molecule has 0 saturated heterocycles. The van der Waals surface area contributed by atoms with E-state index in [0.717, 1.165) is 88.7 Å². The maximum atomic E-state index is 10.8. The largest absolute Gasteiger partial charge is 0.456 e. The Morgan fingerprint density at radius 3 is 1.66 bits per heavy atom. The van der Waals surface area contributed by atoms with Crippen LogP contribution in [0.2, 0.25) is 0 Å². The summed E-state index contributed by atoms with van der Waals surface area (Å²) in [5.74, 6) is 0. The number of fused-ring (bicyclic) bond motifs is 9. The Labute approximate surface area is 356 Å². The van der Waals surface area contributed by atoms with Crippen molar-refractivity contribution >= 4 is 82.6 Å². The Morgan fingerprint density at radius 2 is 0.968 bits per heavy atom. The van der Waals surface area contributed by atoms with Crippen LogP contribution in [0.4, 0.5) is 17.1 Å². The first-order valence-electron chi connectivity index (χ1n) is 20.5. The minimum Gasteiger partial charge on any atom is -0.456 e. The van der Waals surface area contributed by atoms with Gasteiger partial charge in [-0.3, -0.25) is 0 Å². The van der Waals surface area contributed by atoms with Gasteiger partial charge in [0.15, 0.2) is 0 Å². The van der Waals surface area contributed by atoms with Crippen molar-refractivity contribution < 1.29 is 4.42 Å². The van der Waals surface area contributed by atoms with Gasteiger partial charge < -0.3 is 18.5 Å². The fourth-order valence-corrected chi connectivity index (χ4v) is 9.42. The van der Waals surface area contributed by atoms with Crippen LogP contribution in [0.25, 0.3) is 88.1 Å². The monoisotopic (exact) mass is 791 g/mol. The van der Waals surface area contributed by atoms with E-state index in [4.69, 9.17) is 4.42 Å². The van der Waals surface area contributed by atoms with Gasteiger partial charge in [-0.15, -0.1) is 0 Å². The number of hydrogen-bond acceptors (Lipinski definition) is 4. The molecule has 62 heavy (non-hydrogen) atoms. The highest BCUT2D eigenvalue weighted by Crippen LogP contribution is 2.43. The molecule has 12 rings (SSSR count). The number of benzene rings is 9. The molecule has 0 aliphatic rings. The van der Waals surface area contributed by atoms with E-state index in [9.17, 15) is 10.5 Å². The Balaban J connectivity index is 1.09. The Hall–Kier alpha value is -8.84. The van der Waals surface area contributed by atoms with Gasteiger partial charge in [-0.05, 0) is 96.1 Å². The fraction of sp³-hybridized carbons (Fsp3) is 0. The van der Waals surface area contributed by atoms with E-state index in [1.807, 2.05) is 60.7 Å². The second kappa shape index (κ2) is 13.9. The van der Waals surface area contributed by atoms with Crippen LogP contribution >= 0.6 is 0 Å². The van der Waals surface area contributed by atoms with Crippen LogP contribution < -0.4 is 4.90 Å². The number of anilines is 3. The number of aromatic nitrogens is 2. The van der Waals surface area contributed by atoms with E-state index in [2.05, 4.69) is 166 Å². The molecule has 0 amide bonds. The van der Waals surface area contributed by atoms with Crippen molar-refractivity contribution in [3.05, 3.63) is 211 Å². The Bertz CT molecular complexity index is 3790. The van der Waals surface area contributed by atoms with E-state index < -0.39 is 0 Å². The third kappa shape index (κ3) is 5.35. The summed E-state index contributed by atoms with van der Waals surface area (Å²) in [6.45, 7) is 0. The number of rotatable bonds is 6. The minimum absolute atomic E-state index is 0.281. The van der Waals surface area contributed by atoms with Crippen molar-refractivity contribution in [3.63, 3.8) is 0 Å². The summed E-state index contributed by atoms with van der Waals surface area (Å²) in [5.41, 5.74) is 12.6. The summed E-state index contributed by atoms with van der Waals surface area (Å²) in [4.78, 5) is 2.15. The van der Waals surface area contributed by atoms with Gasteiger partial charge in [0.1, 0.15) is 23.3 Å². The second-order valence-electron chi connectivity index (χ2n) is 15.6. The van der Waals surface area contributed by atoms with Crippen LogP contribution in [0.15, 0.2) is 205 Å². The molecular formula is C56H33N5O. The molecule has 0 spiro atoms. The molecule has 6 heteroatoms. The normalized spacial score (nSPS) is 11.5. The zero-order valence-electron chi connectivity index (χ0n) is 33.2. The Kier molecular flexibility index (Phi) is 7.87. The average molecular weight is 792 g/mol. The lowest BCUT2D eigenvalue weighted by Crippen LogP contribution is -2.12. The highest BCUT2D eigenvalue weighted by atomic mass is 16.3. The molecule has 6 nitrogen and oxygen atoms in total. The summed E-state index contributed by atoms with van der Waals surface area (Å²) in [7, 11) is 0. The smallest absolute Gasteiger partial charge is 0.137 e. The van der Waals surface area contributed by atoms with Crippen LogP contribution in [-0.4, -0.2) is 9.13 Å². The van der Waals surface area contributed by atoms with Crippen LogP contribution in [0.5, 0.6) is 0 Å². The highest BCUT2D eigenvalue weighted by Gasteiger charge is 2.23. The van der Waals surface area contributed by atoms with Crippen molar-refractivity contribution in [2.75, 3.05) is 4.90 Å². The van der Waals surface area contributed by atoms with Crippen LogP contribution in [0, 0.1) is 22.7 Å². The zero-order valence-corrected chi connectivity index (χ0v) is 33.2. The van der Waals surface area contributed by atoms with E-state index in [0.29, 0.717) is 11.3 Å². The van der Waals surface area contributed by atoms with E-state index in [1.54, 1.807) is 0 Å². The first kappa shape index (κ1) is 35.1. The van der Waals surface area contributed by atoms with Crippen molar-refractivity contribution in [1.82, 2.24) is 9.13 Å². The molecular weight excluding hydrogens is 759 g/mol. The summed E-state index contributed by atoms with van der Waals surface area (Å²) in [6.07, 6.45) is 0. The predicted molar refractivity (Wildman–Crippen MR) is 252 cm³/mol. The molecule has 288 valence electrons. The molecule has 3 heterocycles. The molecule has 12 aromatic rings. The molecule has 3 aromatic heterocycles. The highest BCUT2D eigenvalue weighted by molar-refractivity contribution is 6.12. The number of nitriles is 2. The lowest BCUT2D eigenvalue weighted by molar-refractivity contribution is 0.669. The fourth-order valence-electron chi connectivity index (χ4n) is 9.42. The first-order valence-corrected chi connectivity index (χ1v) is 20.5. The van der Waals surface area contributed by atoms with Crippen LogP contribution in [0.1, 0.15) is 11.1 Å². The number of furan rings is 1. The molecule has 0 unspecified atom stereocenters. The van der Waals surface area contributed by atoms with Crippen LogP contribution in [-0.2, 0) is 0 Å². The van der Waals surface area contributed by atoms with E-state index in [1.165, 1.54) is 10.8 Å². The average Bonchev–Trinajstić information content (AvgIpc) is 3.99. The molecule has 9 aromatic carbocycles. The van der Waals surface area contributed by atoms with Crippen LogP contribution in [0.3, 0.4) is 0 Å². The van der Waals surface area contributed by atoms with Gasteiger partial charge in [-0.25, -0.2) is 0 Å². The quantitative estimate of drug-likeness (QED) is 0.168. The summed E-state index contributed by atoms with van der Waals surface area (Å²) >= 11 is 0. The number of hydrogen-bond donors (Lipinski definition) is 0. The van der Waals surface area contributed by atoms with Crippen molar-refractivity contribution in [2.24, 2.45) is 0 Å². The van der Waals surface area contributed by atoms with E-state index in [-0.39, 0.29) is 5.56 Å². The minimum atomic E-state index is 0.281. The molecule has 0 radical (unpaired) electrons. The van der Waals surface area contributed by atoms with Gasteiger partial charge >= 0.3 is 0 Å². The van der Waals surface area contributed by atoms with Crippen molar-refractivity contribution in [3.8, 4) is 34.6 Å². The van der Waals surface area contributed by atoms with Gasteiger partial charge in [-0.2, -0.15) is 10.5 Å². The number of para-hydroxylation sites is 4. The van der Waals surface area contributed by atoms with Gasteiger partial charge in [0, 0.05) is 61.1 Å². The molecule has 0 atom stereocenters. The molecule has 0 saturated carbocycles. The molecule has 0 fully saturated rings. The summed E-state index contributed by atoms with van der Waals surface area (Å²) in [5, 5.41) is 28.2. The SMILES string of the molecule is N#Cc1cc(N(c2ccc(-n3c4ccccc4c4ccccc43)cc2)c2ccc3c(c2)oc2ccccc23)cc(-n2c3ccccc3c3cc(-c4ccccc4)ccc32)c1C#N. The third-order valence-corrected chi connectivity index (χ3v) is 12.2. The lowest BCUT2D eigenvalue weighted by Gasteiger charge is -2.27. The van der Waals surface area contributed by atoms with Gasteiger partial charge in [0.05, 0.1) is 38.9 Å². The molecule has 0 aliphatic carbocycles. The topological polar surface area (TPSA) is 73.8 Å². The van der Waals surface area contributed by atoms with Crippen molar-refractivity contribution in [1.29, 1.82) is 10.5 Å². The molecule has 0 N–H and O–H groups in total. The maximum Gasteiger partial charge on any atom is 0.137 e. The first-order chi connectivity index (χ1) is 30.7. The second-order valence-corrected chi connectivity index (χ2v) is 15.6. The zero-order chi connectivity index (χ0) is 41.3. The predicted octanol–water partition coefficient (Wildman–Crippen LogP) is 14.7. The van der Waals surface area contributed by atoms with E-state index >= 15 is 0 Å². The van der Waals surface area contributed by atoms with Gasteiger partial charge in [0.2, 0.25) is 0 Å². The van der Waals surface area contributed by atoms with Crippen molar-refractivity contribution in [2.45, 2.75) is 0 Å². The third-order valence-electron chi connectivity index (χ3n) is 12.2. The summed E-state index contributed by atoms with van der Waals surface area (Å²) < 4.78 is 10.9. The maximum absolute atomic E-state index is 10.8. The number of nitrogens with zero attached hydrogens (tertiary/aromatic N) is 5. The summed E-state index contributed by atoms with van der Waals surface area (Å²) in [6, 6.07) is 73.6. The molecule has 0 bridgehead atoms. The molecule has 0 aliphatic heterocycles. The van der Waals surface area contributed by atoms with Gasteiger partial charge in [0.25, 0.3) is 0 Å². The van der Waals surface area contributed by atoms with Gasteiger partial charge in [-0.1, -0.05) is 109 Å². The Morgan fingerprint density at radius 1 is 0.387 bits per heavy atom. The standard InChI is InChI=1S/C56H33N5O/c57-34-38-30-42(32-54(49(38)35-58)61-52-20-10-6-16-45(52)48-31-37(22-29-53(48)61)36-12-2-1-3-13-36)59(41-27-28-47-46-17-7-11-21-55(46)62-56(47)33-41)39-23-25-40(26-24-39)60-50-18-8-4-14-43(50)44-15-5-9-19-51(44)60/h1-33H. The lowest BCUT2D eigenvalue weighted by atomic mass is 10.0.